The number of carbonyl (C=O) groups is 2. The molecule has 0 aromatic carbocycles. The largest absolute Gasteiger partial charge is 0.373 e. The molecule has 0 heterocycles. The number of rotatable bonds is 3. The fourth-order valence-corrected chi connectivity index (χ4v) is 0.542. The first-order valence-corrected chi connectivity index (χ1v) is 3.37. The first kappa shape index (κ1) is 9.41. The van der Waals surface area contributed by atoms with Crippen LogP contribution < -0.4 is 11.0 Å². The Morgan fingerprint density at radius 1 is 1.40 bits per heavy atom. The van der Waals surface area contributed by atoms with Crippen LogP contribution in [0.5, 0.6) is 0 Å². The van der Waals surface area contributed by atoms with Crippen LogP contribution in [0, 0.1) is 0 Å². The van der Waals surface area contributed by atoms with Gasteiger partial charge in [-0.05, 0) is 11.9 Å². The molecule has 0 rings (SSSR count). The highest BCUT2D eigenvalue weighted by Gasteiger charge is 2.05. The summed E-state index contributed by atoms with van der Waals surface area (Å²) in [5.41, 5.74) is 0. The summed E-state index contributed by atoms with van der Waals surface area (Å²) >= 11 is 0.590. The zero-order valence-electron chi connectivity index (χ0n) is 5.20. The molecule has 0 saturated heterocycles. The summed E-state index contributed by atoms with van der Waals surface area (Å²) < 4.78 is 0. The molecule has 0 saturated carbocycles. The van der Waals surface area contributed by atoms with Crippen molar-refractivity contribution in [3.05, 3.63) is 0 Å². The number of carbonyl (C=O) groups excluding carboxylic acids is 2. The van der Waals surface area contributed by atoms with Crippen LogP contribution in [0.4, 0.5) is 0 Å². The molecule has 58 valence electrons. The number of hydrogen-bond acceptors (Lipinski definition) is 6. The average molecular weight is 164 g/mol. The molecule has 5 nitrogen and oxygen atoms in total. The van der Waals surface area contributed by atoms with Gasteiger partial charge in [0.2, 0.25) is 5.12 Å². The van der Waals surface area contributed by atoms with Crippen molar-refractivity contribution in [1.82, 2.24) is 0 Å². The molecule has 0 aromatic rings. The van der Waals surface area contributed by atoms with Gasteiger partial charge < -0.3 is 4.84 Å². The molecular formula is C4H8N2O3S. The van der Waals surface area contributed by atoms with Crippen LogP contribution in [-0.4, -0.2) is 11.1 Å². The molecule has 0 spiro atoms. The van der Waals surface area contributed by atoms with Gasteiger partial charge in [-0.15, -0.1) is 0 Å². The van der Waals surface area contributed by atoms with Gasteiger partial charge in [-0.25, -0.2) is 0 Å². The SMILES string of the molecule is NOC(=O)CCC(=O)SN. The van der Waals surface area contributed by atoms with Gasteiger partial charge in [-0.3, -0.25) is 14.7 Å². The second-order valence-electron chi connectivity index (χ2n) is 1.48. The van der Waals surface area contributed by atoms with Gasteiger partial charge in [0.1, 0.15) is 0 Å². The summed E-state index contributed by atoms with van der Waals surface area (Å²) in [6.45, 7) is 0. The lowest BCUT2D eigenvalue weighted by atomic mass is 10.3. The molecule has 0 radical (unpaired) electrons. The number of nitrogens with two attached hydrogens (primary N) is 2. The summed E-state index contributed by atoms with van der Waals surface area (Å²) in [4.78, 5) is 24.5. The Bertz CT molecular complexity index is 122. The maximum Gasteiger partial charge on any atom is 0.324 e. The molecule has 0 aliphatic heterocycles. The quantitative estimate of drug-likeness (QED) is 0.423. The third kappa shape index (κ3) is 4.30. The van der Waals surface area contributed by atoms with Crippen LogP contribution in [0.2, 0.25) is 0 Å². The minimum atomic E-state index is -0.609. The monoisotopic (exact) mass is 164 g/mol. The second-order valence-corrected chi connectivity index (χ2v) is 2.17. The van der Waals surface area contributed by atoms with E-state index in [0.717, 1.165) is 0 Å². The van der Waals surface area contributed by atoms with Crippen LogP contribution >= 0.6 is 11.9 Å². The van der Waals surface area contributed by atoms with Crippen molar-refractivity contribution in [2.75, 3.05) is 0 Å². The number of hydrogen-bond donors (Lipinski definition) is 2. The molecular weight excluding hydrogens is 156 g/mol. The van der Waals surface area contributed by atoms with E-state index < -0.39 is 5.97 Å². The third-order valence-corrected chi connectivity index (χ3v) is 1.26. The van der Waals surface area contributed by atoms with E-state index in [0.29, 0.717) is 11.9 Å². The van der Waals surface area contributed by atoms with Gasteiger partial charge in [0.15, 0.2) is 0 Å². The van der Waals surface area contributed by atoms with Crippen LogP contribution in [-0.2, 0) is 14.4 Å². The summed E-state index contributed by atoms with van der Waals surface area (Å²) in [6.07, 6.45) is 0.0523. The summed E-state index contributed by atoms with van der Waals surface area (Å²) in [6, 6.07) is 0. The van der Waals surface area contributed by atoms with Gasteiger partial charge in [0.05, 0.1) is 6.42 Å². The lowest BCUT2D eigenvalue weighted by molar-refractivity contribution is -0.144. The smallest absolute Gasteiger partial charge is 0.324 e. The molecule has 0 aromatic heterocycles. The predicted molar refractivity (Wildman–Crippen MR) is 36.3 cm³/mol. The Kier molecular flexibility index (Phi) is 4.91. The van der Waals surface area contributed by atoms with Gasteiger partial charge in [0.25, 0.3) is 0 Å². The molecule has 0 atom stereocenters. The van der Waals surface area contributed by atoms with Crippen molar-refractivity contribution in [2.45, 2.75) is 12.8 Å². The molecule has 0 aliphatic carbocycles. The highest BCUT2D eigenvalue weighted by molar-refractivity contribution is 8.11. The molecule has 6 heteroatoms. The Hall–Kier alpha value is -0.590. The van der Waals surface area contributed by atoms with Gasteiger partial charge in [-0.1, -0.05) is 0 Å². The van der Waals surface area contributed by atoms with Gasteiger partial charge in [-0.2, -0.15) is 5.90 Å². The minimum absolute atomic E-state index is 0.0144. The molecule has 0 aliphatic rings. The van der Waals surface area contributed by atoms with Crippen molar-refractivity contribution >= 4 is 23.0 Å². The lowest BCUT2D eigenvalue weighted by Gasteiger charge is -1.94. The van der Waals surface area contributed by atoms with Crippen LogP contribution in [0.1, 0.15) is 12.8 Å². The van der Waals surface area contributed by atoms with E-state index >= 15 is 0 Å². The average Bonchev–Trinajstić information content (AvgIpc) is 1.99. The highest BCUT2D eigenvalue weighted by atomic mass is 32.2. The van der Waals surface area contributed by atoms with Gasteiger partial charge >= 0.3 is 5.97 Å². The summed E-state index contributed by atoms with van der Waals surface area (Å²) in [5.74, 6) is 3.89. The van der Waals surface area contributed by atoms with Gasteiger partial charge in [0, 0.05) is 6.42 Å². The Labute approximate surface area is 62.2 Å². The molecule has 0 unspecified atom stereocenters. The minimum Gasteiger partial charge on any atom is -0.373 e. The molecule has 0 amide bonds. The summed E-state index contributed by atoms with van der Waals surface area (Å²) in [5, 5.41) is 4.62. The Morgan fingerprint density at radius 3 is 2.40 bits per heavy atom. The zero-order chi connectivity index (χ0) is 7.98. The van der Waals surface area contributed by atoms with Crippen LogP contribution in [0.3, 0.4) is 0 Å². The fraction of sp³-hybridized carbons (Fsp3) is 0.500. The highest BCUT2D eigenvalue weighted by Crippen LogP contribution is 1.99. The topological polar surface area (TPSA) is 95.4 Å². The van der Waals surface area contributed by atoms with Crippen molar-refractivity contribution in [3.63, 3.8) is 0 Å². The summed E-state index contributed by atoms with van der Waals surface area (Å²) in [7, 11) is 0. The molecule has 4 N–H and O–H groups in total. The second kappa shape index (κ2) is 5.21. The maximum atomic E-state index is 10.4. The first-order chi connectivity index (χ1) is 4.70. The maximum absolute atomic E-state index is 10.4. The van der Waals surface area contributed by atoms with E-state index in [2.05, 4.69) is 10.7 Å². The van der Waals surface area contributed by atoms with Crippen molar-refractivity contribution in [1.29, 1.82) is 0 Å². The van der Waals surface area contributed by atoms with Crippen molar-refractivity contribution in [3.8, 4) is 0 Å². The molecule has 0 fully saturated rings. The Morgan fingerprint density at radius 2 is 2.00 bits per heavy atom. The van der Waals surface area contributed by atoms with E-state index in [1.807, 2.05) is 0 Å². The van der Waals surface area contributed by atoms with Crippen LogP contribution in [0.25, 0.3) is 0 Å². The third-order valence-electron chi connectivity index (χ3n) is 0.796. The normalized spacial score (nSPS) is 9.00. The standard InChI is InChI=1S/C4H8N2O3S/c5-9-3(7)1-2-4(8)10-6/h1-2,5-6H2. The zero-order valence-corrected chi connectivity index (χ0v) is 6.02. The molecule has 0 bridgehead atoms. The fourth-order valence-electron chi connectivity index (χ4n) is 0.322. The predicted octanol–water partition coefficient (Wildman–Crippen LogP) is -0.683. The first-order valence-electron chi connectivity index (χ1n) is 2.50. The lowest BCUT2D eigenvalue weighted by Crippen LogP contribution is -2.11. The van der Waals surface area contributed by atoms with E-state index in [9.17, 15) is 9.59 Å². The van der Waals surface area contributed by atoms with Crippen molar-refractivity contribution in [2.24, 2.45) is 11.0 Å². The molecule has 10 heavy (non-hydrogen) atoms. The van der Waals surface area contributed by atoms with E-state index in [-0.39, 0.29) is 18.0 Å². The van der Waals surface area contributed by atoms with Crippen molar-refractivity contribution < 1.29 is 14.4 Å². The van der Waals surface area contributed by atoms with E-state index in [1.54, 1.807) is 0 Å². The van der Waals surface area contributed by atoms with E-state index in [4.69, 9.17) is 5.14 Å². The van der Waals surface area contributed by atoms with Crippen LogP contribution in [0.15, 0.2) is 0 Å². The Balaban J connectivity index is 3.35. The van der Waals surface area contributed by atoms with E-state index in [1.165, 1.54) is 0 Å².